The molecule has 0 aromatic heterocycles. The third-order valence-corrected chi connectivity index (χ3v) is 6.57. The lowest BCUT2D eigenvalue weighted by atomic mass is 10.0. The predicted octanol–water partition coefficient (Wildman–Crippen LogP) is 3.65. The Morgan fingerprint density at radius 1 is 0.906 bits per heavy atom. The van der Waals surface area contributed by atoms with Crippen molar-refractivity contribution in [3.8, 4) is 22.9 Å². The standard InChI is InChI=1S/C24H20N2O5S/c1-17(27)19-9-13-23(14-10-19)32(29,30)26(2)16-24(28)31-22-11-7-21(8-12-22)20-5-3-18(15-25)4-6-20/h3-14H,16H2,1-2H3. The minimum atomic E-state index is -3.92. The minimum absolute atomic E-state index is 0.0235. The number of carbonyl (C=O) groups excluding carboxylic acids is 2. The molecule has 0 radical (unpaired) electrons. The average molecular weight is 449 g/mol. The summed E-state index contributed by atoms with van der Waals surface area (Å²) in [7, 11) is -2.64. The first kappa shape index (κ1) is 22.9. The molecule has 8 heteroatoms. The Morgan fingerprint density at radius 2 is 1.44 bits per heavy atom. The number of ether oxygens (including phenoxy) is 1. The second kappa shape index (κ2) is 9.56. The number of Topliss-reactive ketones (excluding diaryl/α,β-unsaturated/α-hetero) is 1. The normalized spacial score (nSPS) is 11.1. The van der Waals surface area contributed by atoms with E-state index in [9.17, 15) is 18.0 Å². The Labute approximate surface area is 186 Å². The van der Waals surface area contributed by atoms with Gasteiger partial charge < -0.3 is 4.74 Å². The van der Waals surface area contributed by atoms with Crippen molar-refractivity contribution in [1.29, 1.82) is 5.26 Å². The number of nitrogens with zero attached hydrogens (tertiary/aromatic N) is 2. The van der Waals surface area contributed by atoms with Gasteiger partial charge in [0.15, 0.2) is 5.78 Å². The van der Waals surface area contributed by atoms with Crippen molar-refractivity contribution in [2.24, 2.45) is 0 Å². The highest BCUT2D eigenvalue weighted by atomic mass is 32.2. The van der Waals surface area contributed by atoms with E-state index in [1.807, 2.05) is 12.1 Å². The summed E-state index contributed by atoms with van der Waals surface area (Å²) >= 11 is 0. The fourth-order valence-corrected chi connectivity index (χ4v) is 4.04. The van der Waals surface area contributed by atoms with Crippen LogP contribution >= 0.6 is 0 Å². The van der Waals surface area contributed by atoms with Gasteiger partial charge in [-0.15, -0.1) is 0 Å². The molecule has 0 bridgehead atoms. The molecule has 3 aromatic carbocycles. The molecule has 7 nitrogen and oxygen atoms in total. The van der Waals surface area contributed by atoms with Gasteiger partial charge in [-0.2, -0.15) is 9.57 Å². The number of rotatable bonds is 7. The Morgan fingerprint density at radius 3 is 1.94 bits per heavy atom. The highest BCUT2D eigenvalue weighted by Crippen LogP contribution is 2.23. The van der Waals surface area contributed by atoms with Crippen LogP contribution in [0.4, 0.5) is 0 Å². The van der Waals surface area contributed by atoms with Crippen molar-refractivity contribution in [1.82, 2.24) is 4.31 Å². The molecule has 3 rings (SSSR count). The molecular weight excluding hydrogens is 428 g/mol. The number of esters is 1. The number of sulfonamides is 1. The van der Waals surface area contributed by atoms with Crippen LogP contribution in [0.5, 0.6) is 5.75 Å². The number of benzene rings is 3. The molecule has 0 aliphatic heterocycles. The summed E-state index contributed by atoms with van der Waals surface area (Å²) in [6, 6.07) is 21.4. The molecule has 0 spiro atoms. The Hall–Kier alpha value is -3.80. The highest BCUT2D eigenvalue weighted by Gasteiger charge is 2.24. The van der Waals surface area contributed by atoms with Crippen LogP contribution in [0.15, 0.2) is 77.7 Å². The van der Waals surface area contributed by atoms with Gasteiger partial charge in [0.2, 0.25) is 10.0 Å². The van der Waals surface area contributed by atoms with E-state index in [2.05, 4.69) is 6.07 Å². The minimum Gasteiger partial charge on any atom is -0.426 e. The smallest absolute Gasteiger partial charge is 0.326 e. The van der Waals surface area contributed by atoms with Gasteiger partial charge in [0.1, 0.15) is 12.3 Å². The van der Waals surface area contributed by atoms with E-state index in [-0.39, 0.29) is 16.4 Å². The van der Waals surface area contributed by atoms with Crippen molar-refractivity contribution in [3.63, 3.8) is 0 Å². The monoisotopic (exact) mass is 448 g/mol. The second-order valence-corrected chi connectivity index (χ2v) is 9.07. The van der Waals surface area contributed by atoms with Crippen molar-refractivity contribution < 1.29 is 22.7 Å². The maximum absolute atomic E-state index is 12.7. The van der Waals surface area contributed by atoms with Crippen LogP contribution in [0.3, 0.4) is 0 Å². The lowest BCUT2D eigenvalue weighted by Gasteiger charge is -2.16. The van der Waals surface area contributed by atoms with E-state index in [1.54, 1.807) is 36.4 Å². The van der Waals surface area contributed by atoms with E-state index >= 15 is 0 Å². The second-order valence-electron chi connectivity index (χ2n) is 7.03. The highest BCUT2D eigenvalue weighted by molar-refractivity contribution is 7.89. The maximum Gasteiger partial charge on any atom is 0.326 e. The van der Waals surface area contributed by atoms with Gasteiger partial charge in [0.05, 0.1) is 16.5 Å². The molecule has 0 heterocycles. The van der Waals surface area contributed by atoms with E-state index in [0.29, 0.717) is 11.1 Å². The molecule has 0 amide bonds. The summed E-state index contributed by atoms with van der Waals surface area (Å²) in [5.74, 6) is -0.623. The Kier molecular flexibility index (Phi) is 6.83. The van der Waals surface area contributed by atoms with E-state index < -0.39 is 22.5 Å². The zero-order chi connectivity index (χ0) is 23.3. The third-order valence-electron chi connectivity index (χ3n) is 4.75. The average Bonchev–Trinajstić information content (AvgIpc) is 2.79. The van der Waals surface area contributed by atoms with Crippen LogP contribution in [0, 0.1) is 11.3 Å². The molecule has 32 heavy (non-hydrogen) atoms. The van der Waals surface area contributed by atoms with Crippen LogP contribution in [0.1, 0.15) is 22.8 Å². The van der Waals surface area contributed by atoms with E-state index in [1.165, 1.54) is 38.2 Å². The third kappa shape index (κ3) is 5.27. The number of hydrogen-bond donors (Lipinski definition) is 0. The van der Waals surface area contributed by atoms with Crippen molar-refractivity contribution in [3.05, 3.63) is 83.9 Å². The van der Waals surface area contributed by atoms with Crippen molar-refractivity contribution in [2.75, 3.05) is 13.6 Å². The van der Waals surface area contributed by atoms with Gasteiger partial charge >= 0.3 is 5.97 Å². The van der Waals surface area contributed by atoms with Gasteiger partial charge in [0.25, 0.3) is 0 Å². The number of hydrogen-bond acceptors (Lipinski definition) is 6. The number of nitriles is 1. The predicted molar refractivity (Wildman–Crippen MR) is 118 cm³/mol. The first-order valence-corrected chi connectivity index (χ1v) is 11.0. The fourth-order valence-electron chi connectivity index (χ4n) is 2.92. The van der Waals surface area contributed by atoms with Gasteiger partial charge in [-0.05, 0) is 54.4 Å². The van der Waals surface area contributed by atoms with Gasteiger partial charge in [0, 0.05) is 12.6 Å². The largest absolute Gasteiger partial charge is 0.426 e. The maximum atomic E-state index is 12.7. The van der Waals surface area contributed by atoms with Crippen LogP contribution in [0.2, 0.25) is 0 Å². The zero-order valence-electron chi connectivity index (χ0n) is 17.5. The molecule has 0 saturated heterocycles. The molecule has 0 N–H and O–H groups in total. The van der Waals surface area contributed by atoms with Gasteiger partial charge in [-0.25, -0.2) is 8.42 Å². The Balaban J connectivity index is 1.64. The Bertz CT molecular complexity index is 1270. The topological polar surface area (TPSA) is 105 Å². The molecule has 0 aliphatic carbocycles. The first-order valence-electron chi connectivity index (χ1n) is 9.59. The first-order chi connectivity index (χ1) is 15.2. The summed E-state index contributed by atoms with van der Waals surface area (Å²) in [5.41, 5.74) is 2.75. The zero-order valence-corrected chi connectivity index (χ0v) is 18.3. The van der Waals surface area contributed by atoms with Crippen molar-refractivity contribution >= 4 is 21.8 Å². The lowest BCUT2D eigenvalue weighted by molar-refractivity contribution is -0.134. The lowest BCUT2D eigenvalue weighted by Crippen LogP contribution is -2.34. The molecule has 3 aromatic rings. The van der Waals surface area contributed by atoms with E-state index in [4.69, 9.17) is 10.00 Å². The van der Waals surface area contributed by atoms with Crippen molar-refractivity contribution in [2.45, 2.75) is 11.8 Å². The van der Waals surface area contributed by atoms with Gasteiger partial charge in [-0.1, -0.05) is 36.4 Å². The summed E-state index contributed by atoms with van der Waals surface area (Å²) in [5, 5.41) is 8.88. The summed E-state index contributed by atoms with van der Waals surface area (Å²) in [4.78, 5) is 23.6. The SMILES string of the molecule is CC(=O)c1ccc(S(=O)(=O)N(C)CC(=O)Oc2ccc(-c3ccc(C#N)cc3)cc2)cc1. The number of ketones is 1. The summed E-state index contributed by atoms with van der Waals surface area (Å²) in [6.07, 6.45) is 0. The van der Waals surface area contributed by atoms with Crippen LogP contribution in [-0.2, 0) is 14.8 Å². The quantitative estimate of drug-likeness (QED) is 0.310. The molecule has 0 saturated carbocycles. The number of carbonyl (C=O) groups is 2. The fraction of sp³-hybridized carbons (Fsp3) is 0.125. The molecular formula is C24H20N2O5S. The summed E-state index contributed by atoms with van der Waals surface area (Å²) in [6.45, 7) is 0.913. The van der Waals surface area contributed by atoms with Gasteiger partial charge in [-0.3, -0.25) is 9.59 Å². The molecule has 0 unspecified atom stereocenters. The van der Waals surface area contributed by atoms with Crippen LogP contribution < -0.4 is 4.74 Å². The molecule has 0 aliphatic rings. The van der Waals surface area contributed by atoms with E-state index in [0.717, 1.165) is 15.4 Å². The van der Waals surface area contributed by atoms with Crippen LogP contribution in [0.25, 0.3) is 11.1 Å². The van der Waals surface area contributed by atoms with Crippen LogP contribution in [-0.4, -0.2) is 38.1 Å². The number of likely N-dealkylation sites (N-methyl/N-ethyl adjacent to an activating group) is 1. The molecule has 0 fully saturated rings. The molecule has 0 atom stereocenters. The molecule has 162 valence electrons. The summed E-state index contributed by atoms with van der Waals surface area (Å²) < 4.78 is 31.5.